The monoisotopic (exact) mass is 345 g/mol. The molecule has 0 unspecified atom stereocenters. The number of pyridine rings is 1. The molecule has 0 fully saturated rings. The lowest BCUT2D eigenvalue weighted by atomic mass is 10.0. The molecule has 1 N–H and O–H groups in total. The van der Waals surface area contributed by atoms with E-state index in [1.165, 1.54) is 12.8 Å². The average Bonchev–Trinajstić information content (AvgIpc) is 3.14. The number of benzene rings is 1. The summed E-state index contributed by atoms with van der Waals surface area (Å²) in [5.41, 5.74) is 4.09. The van der Waals surface area contributed by atoms with E-state index in [9.17, 15) is 5.26 Å². The van der Waals surface area contributed by atoms with Crippen LogP contribution in [0.25, 0.3) is 16.9 Å². The van der Waals surface area contributed by atoms with E-state index in [-0.39, 0.29) is 0 Å². The summed E-state index contributed by atoms with van der Waals surface area (Å²) in [5, 5.41) is 17.5. The third-order valence-electron chi connectivity index (χ3n) is 4.64. The van der Waals surface area contributed by atoms with Crippen LogP contribution in [0.4, 0.5) is 5.69 Å². The molecule has 3 rings (SSSR count). The second-order valence-electron chi connectivity index (χ2n) is 6.29. The third kappa shape index (κ3) is 3.92. The Hall–Kier alpha value is -3.13. The van der Waals surface area contributed by atoms with Gasteiger partial charge in [-0.25, -0.2) is 4.68 Å². The van der Waals surface area contributed by atoms with Gasteiger partial charge in [0.05, 0.1) is 11.4 Å². The highest BCUT2D eigenvalue weighted by molar-refractivity contribution is 5.60. The number of nitriles is 1. The molecule has 5 nitrogen and oxygen atoms in total. The van der Waals surface area contributed by atoms with E-state index in [0.717, 1.165) is 29.2 Å². The summed E-state index contributed by atoms with van der Waals surface area (Å²) in [5.74, 6) is 0.688. The van der Waals surface area contributed by atoms with Crippen molar-refractivity contribution in [1.29, 1.82) is 5.26 Å². The molecule has 2 aromatic heterocycles. The molecule has 0 radical (unpaired) electrons. The van der Waals surface area contributed by atoms with E-state index >= 15 is 0 Å². The van der Waals surface area contributed by atoms with Crippen LogP contribution in [-0.4, -0.2) is 21.3 Å². The molecule has 0 saturated heterocycles. The first-order valence-corrected chi connectivity index (χ1v) is 9.00. The van der Waals surface area contributed by atoms with Crippen LogP contribution < -0.4 is 5.32 Å². The Morgan fingerprint density at radius 1 is 1.15 bits per heavy atom. The van der Waals surface area contributed by atoms with E-state index < -0.39 is 0 Å². The van der Waals surface area contributed by atoms with Crippen LogP contribution in [0.15, 0.2) is 54.9 Å². The normalized spacial score (nSPS) is 10.7. The Bertz CT molecular complexity index is 871. The molecule has 26 heavy (non-hydrogen) atoms. The fourth-order valence-electron chi connectivity index (χ4n) is 2.87. The molecule has 0 aliphatic heterocycles. The van der Waals surface area contributed by atoms with E-state index in [1.807, 2.05) is 36.4 Å². The zero-order chi connectivity index (χ0) is 18.4. The number of hydrogen-bond donors (Lipinski definition) is 1. The zero-order valence-corrected chi connectivity index (χ0v) is 15.2. The number of anilines is 1. The summed E-state index contributed by atoms with van der Waals surface area (Å²) < 4.78 is 1.67. The number of nitrogens with one attached hydrogen (secondary N) is 1. The van der Waals surface area contributed by atoms with Gasteiger partial charge in [-0.05, 0) is 42.3 Å². The molecule has 0 aliphatic rings. The van der Waals surface area contributed by atoms with Crippen molar-refractivity contribution in [1.82, 2.24) is 14.8 Å². The van der Waals surface area contributed by atoms with Gasteiger partial charge in [0.1, 0.15) is 11.8 Å². The Morgan fingerprint density at radius 2 is 1.92 bits per heavy atom. The number of rotatable bonds is 7. The van der Waals surface area contributed by atoms with Gasteiger partial charge in [0.25, 0.3) is 0 Å². The molecule has 0 bridgehead atoms. The van der Waals surface area contributed by atoms with Crippen molar-refractivity contribution in [2.24, 2.45) is 5.92 Å². The van der Waals surface area contributed by atoms with Crippen molar-refractivity contribution in [2.75, 3.05) is 11.9 Å². The van der Waals surface area contributed by atoms with Gasteiger partial charge in [-0.15, -0.1) is 0 Å². The molecule has 132 valence electrons. The lowest BCUT2D eigenvalue weighted by Crippen LogP contribution is -2.12. The zero-order valence-electron chi connectivity index (χ0n) is 15.2. The predicted octanol–water partition coefficient (Wildman–Crippen LogP) is 4.65. The quantitative estimate of drug-likeness (QED) is 0.676. The van der Waals surface area contributed by atoms with Gasteiger partial charge in [0.15, 0.2) is 0 Å². The lowest BCUT2D eigenvalue weighted by Gasteiger charge is -2.14. The maximum absolute atomic E-state index is 9.46. The average molecular weight is 345 g/mol. The van der Waals surface area contributed by atoms with Gasteiger partial charge in [-0.2, -0.15) is 10.4 Å². The SMILES string of the molecule is CCC(CC)CNc1ccc(-n2nc(-c3cccnc3)cc2C#N)cc1. The highest BCUT2D eigenvalue weighted by Gasteiger charge is 2.11. The van der Waals surface area contributed by atoms with E-state index in [1.54, 1.807) is 23.1 Å². The van der Waals surface area contributed by atoms with Crippen molar-refractivity contribution < 1.29 is 0 Å². The number of hydrogen-bond acceptors (Lipinski definition) is 4. The number of aromatic nitrogens is 3. The maximum atomic E-state index is 9.46. The molecule has 0 atom stereocenters. The highest BCUT2D eigenvalue weighted by Crippen LogP contribution is 2.22. The summed E-state index contributed by atoms with van der Waals surface area (Å²) >= 11 is 0. The fourth-order valence-corrected chi connectivity index (χ4v) is 2.87. The molecule has 1 aromatic carbocycles. The molecule has 0 saturated carbocycles. The van der Waals surface area contributed by atoms with Crippen molar-refractivity contribution in [3.63, 3.8) is 0 Å². The van der Waals surface area contributed by atoms with Crippen molar-refractivity contribution in [2.45, 2.75) is 26.7 Å². The van der Waals surface area contributed by atoms with Crippen LogP contribution in [0, 0.1) is 17.2 Å². The Balaban J connectivity index is 1.81. The van der Waals surface area contributed by atoms with Crippen LogP contribution in [0.5, 0.6) is 0 Å². The minimum absolute atomic E-state index is 0.501. The summed E-state index contributed by atoms with van der Waals surface area (Å²) in [4.78, 5) is 4.12. The number of nitrogens with zero attached hydrogens (tertiary/aromatic N) is 4. The molecular weight excluding hydrogens is 322 g/mol. The van der Waals surface area contributed by atoms with Crippen molar-refractivity contribution >= 4 is 5.69 Å². The second-order valence-corrected chi connectivity index (χ2v) is 6.29. The maximum Gasteiger partial charge on any atom is 0.144 e. The predicted molar refractivity (Wildman–Crippen MR) is 104 cm³/mol. The largest absolute Gasteiger partial charge is 0.385 e. The van der Waals surface area contributed by atoms with Crippen LogP contribution in [-0.2, 0) is 0 Å². The first-order chi connectivity index (χ1) is 12.7. The molecule has 3 aromatic rings. The first kappa shape index (κ1) is 17.7. The molecule has 0 spiro atoms. The fraction of sp³-hybridized carbons (Fsp3) is 0.286. The van der Waals surface area contributed by atoms with E-state index in [2.05, 4.69) is 35.3 Å². The second kappa shape index (κ2) is 8.30. The Morgan fingerprint density at radius 3 is 2.54 bits per heavy atom. The smallest absolute Gasteiger partial charge is 0.144 e. The third-order valence-corrected chi connectivity index (χ3v) is 4.64. The van der Waals surface area contributed by atoms with Crippen molar-refractivity contribution in [3.05, 3.63) is 60.6 Å². The van der Waals surface area contributed by atoms with Crippen molar-refractivity contribution in [3.8, 4) is 23.0 Å². The van der Waals surface area contributed by atoms with Gasteiger partial charge in [0, 0.05) is 36.3 Å². The highest BCUT2D eigenvalue weighted by atomic mass is 15.3. The summed E-state index contributed by atoms with van der Waals surface area (Å²) in [6.07, 6.45) is 5.83. The molecule has 5 heteroatoms. The Labute approximate surface area is 154 Å². The van der Waals surface area contributed by atoms with Crippen LogP contribution in [0.1, 0.15) is 32.4 Å². The van der Waals surface area contributed by atoms with Crippen LogP contribution >= 0.6 is 0 Å². The van der Waals surface area contributed by atoms with E-state index in [4.69, 9.17) is 0 Å². The van der Waals surface area contributed by atoms with Gasteiger partial charge >= 0.3 is 0 Å². The lowest BCUT2D eigenvalue weighted by molar-refractivity contribution is 0.519. The standard InChI is InChI=1S/C21H23N5/c1-3-16(4-2)14-24-18-7-9-19(10-8-18)26-20(13-22)12-21(25-26)17-6-5-11-23-15-17/h5-12,15-16,24H,3-4,14H2,1-2H3. The molecule has 0 amide bonds. The van der Waals surface area contributed by atoms with Gasteiger partial charge < -0.3 is 5.32 Å². The van der Waals surface area contributed by atoms with E-state index in [0.29, 0.717) is 11.6 Å². The minimum Gasteiger partial charge on any atom is -0.385 e. The first-order valence-electron chi connectivity index (χ1n) is 9.00. The Kier molecular flexibility index (Phi) is 5.65. The topological polar surface area (TPSA) is 66.5 Å². The van der Waals surface area contributed by atoms with Gasteiger partial charge in [-0.3, -0.25) is 4.98 Å². The summed E-state index contributed by atoms with van der Waals surface area (Å²) in [7, 11) is 0. The van der Waals surface area contributed by atoms with Crippen LogP contribution in [0.3, 0.4) is 0 Å². The van der Waals surface area contributed by atoms with Crippen LogP contribution in [0.2, 0.25) is 0 Å². The molecular formula is C21H23N5. The molecule has 2 heterocycles. The molecule has 0 aliphatic carbocycles. The summed E-state index contributed by atoms with van der Waals surface area (Å²) in [6.45, 7) is 5.42. The van der Waals surface area contributed by atoms with Gasteiger partial charge in [0.2, 0.25) is 0 Å². The summed E-state index contributed by atoms with van der Waals surface area (Å²) in [6, 6.07) is 15.8. The van der Waals surface area contributed by atoms with Gasteiger partial charge in [-0.1, -0.05) is 26.7 Å². The minimum atomic E-state index is 0.501.